The number of aromatic amines is 1. The summed E-state index contributed by atoms with van der Waals surface area (Å²) in [5.74, 6) is 0.297. The summed E-state index contributed by atoms with van der Waals surface area (Å²) in [7, 11) is 0. The maximum Gasteiger partial charge on any atom is 0.248 e. The molecule has 0 radical (unpaired) electrons. The van der Waals surface area contributed by atoms with Crippen LogP contribution in [0.25, 0.3) is 10.7 Å². The van der Waals surface area contributed by atoms with Crippen molar-refractivity contribution in [1.29, 1.82) is 0 Å². The zero-order valence-electron chi connectivity index (χ0n) is 11.5. The second kappa shape index (κ2) is 5.44. The summed E-state index contributed by atoms with van der Waals surface area (Å²) < 4.78 is 0. The van der Waals surface area contributed by atoms with E-state index in [9.17, 15) is 4.79 Å². The molecule has 3 aromatic heterocycles. The van der Waals surface area contributed by atoms with Gasteiger partial charge in [-0.1, -0.05) is 6.07 Å². The van der Waals surface area contributed by atoms with E-state index in [4.69, 9.17) is 0 Å². The van der Waals surface area contributed by atoms with E-state index in [2.05, 4.69) is 30.9 Å². The third kappa shape index (κ3) is 2.82. The number of hydrogen-bond donors (Lipinski definition) is 2. The molecule has 0 saturated carbocycles. The highest BCUT2D eigenvalue weighted by molar-refractivity contribution is 7.13. The van der Waals surface area contributed by atoms with E-state index in [1.807, 2.05) is 31.4 Å². The van der Waals surface area contributed by atoms with Gasteiger partial charge < -0.3 is 5.32 Å². The molecule has 3 aromatic rings. The Balaban J connectivity index is 1.68. The normalized spacial score (nSPS) is 10.8. The predicted molar refractivity (Wildman–Crippen MR) is 77.8 cm³/mol. The highest BCUT2D eigenvalue weighted by Gasteiger charge is 2.13. The molecule has 0 saturated heterocycles. The lowest BCUT2D eigenvalue weighted by Gasteiger charge is -2.03. The number of tetrazole rings is 1. The summed E-state index contributed by atoms with van der Waals surface area (Å²) >= 11 is 1.52. The molecule has 0 aliphatic carbocycles. The van der Waals surface area contributed by atoms with Gasteiger partial charge >= 0.3 is 0 Å². The number of hydrogen-bond acceptors (Lipinski definition) is 6. The Morgan fingerprint density at radius 2 is 2.33 bits per heavy atom. The van der Waals surface area contributed by atoms with E-state index in [-0.39, 0.29) is 12.5 Å². The molecule has 3 heterocycles. The van der Waals surface area contributed by atoms with E-state index in [1.165, 1.54) is 16.1 Å². The van der Waals surface area contributed by atoms with Crippen LogP contribution >= 0.6 is 11.3 Å². The number of nitrogens with one attached hydrogen (secondary N) is 2. The Kier molecular flexibility index (Phi) is 3.48. The van der Waals surface area contributed by atoms with Crippen molar-refractivity contribution in [1.82, 2.24) is 30.4 Å². The van der Waals surface area contributed by atoms with Gasteiger partial charge in [0, 0.05) is 0 Å². The number of carbonyl (C=O) groups is 1. The summed E-state index contributed by atoms with van der Waals surface area (Å²) in [5.41, 5.74) is 2.25. The minimum Gasteiger partial charge on any atom is -0.321 e. The Morgan fingerprint density at radius 3 is 3.00 bits per heavy atom. The van der Waals surface area contributed by atoms with Crippen LogP contribution in [-0.2, 0) is 11.3 Å². The molecule has 0 spiro atoms. The molecule has 9 heteroatoms. The first-order chi connectivity index (χ1) is 10.1. The van der Waals surface area contributed by atoms with Crippen LogP contribution in [0.5, 0.6) is 0 Å². The molecule has 0 aliphatic heterocycles. The van der Waals surface area contributed by atoms with Gasteiger partial charge in [0.25, 0.3) is 0 Å². The average molecular weight is 303 g/mol. The molecule has 0 aliphatic rings. The van der Waals surface area contributed by atoms with Gasteiger partial charge in [-0.15, -0.1) is 21.5 Å². The zero-order valence-corrected chi connectivity index (χ0v) is 12.3. The lowest BCUT2D eigenvalue weighted by molar-refractivity contribution is -0.117. The minimum atomic E-state index is -0.224. The first-order valence-electron chi connectivity index (χ1n) is 6.26. The maximum atomic E-state index is 12.0. The first-order valence-corrected chi connectivity index (χ1v) is 7.14. The molecular formula is C12H13N7OS. The van der Waals surface area contributed by atoms with Crippen LogP contribution in [0.1, 0.15) is 11.4 Å². The number of carbonyl (C=O) groups excluding carboxylic acids is 1. The van der Waals surface area contributed by atoms with Gasteiger partial charge in [-0.25, -0.2) is 0 Å². The van der Waals surface area contributed by atoms with Crippen molar-refractivity contribution in [3.05, 3.63) is 28.9 Å². The van der Waals surface area contributed by atoms with Crippen molar-refractivity contribution < 1.29 is 4.79 Å². The average Bonchev–Trinajstić information content (AvgIpc) is 3.16. The lowest BCUT2D eigenvalue weighted by Crippen LogP contribution is -2.21. The van der Waals surface area contributed by atoms with Crippen LogP contribution in [0, 0.1) is 13.8 Å². The topological polar surface area (TPSA) is 101 Å². The number of rotatable bonds is 4. The van der Waals surface area contributed by atoms with Gasteiger partial charge in [-0.05, 0) is 30.5 Å². The number of thiophene rings is 1. The van der Waals surface area contributed by atoms with Crippen LogP contribution in [0.4, 0.5) is 5.69 Å². The number of aromatic nitrogens is 6. The standard InChI is InChI=1S/C12H13N7OS/c1-7-11(8(2)15-14-7)13-10(20)6-19-17-12(16-18-19)9-4-3-5-21-9/h3-5H,6H2,1-2H3,(H,13,20)(H,14,15). The van der Waals surface area contributed by atoms with E-state index >= 15 is 0 Å². The molecule has 0 fully saturated rings. The van der Waals surface area contributed by atoms with Crippen molar-refractivity contribution in [2.75, 3.05) is 5.32 Å². The molecular weight excluding hydrogens is 290 g/mol. The van der Waals surface area contributed by atoms with E-state index < -0.39 is 0 Å². The monoisotopic (exact) mass is 303 g/mol. The highest BCUT2D eigenvalue weighted by Crippen LogP contribution is 2.19. The number of nitrogens with zero attached hydrogens (tertiary/aromatic N) is 5. The molecule has 0 bridgehead atoms. The van der Waals surface area contributed by atoms with E-state index in [1.54, 1.807) is 0 Å². The van der Waals surface area contributed by atoms with Crippen molar-refractivity contribution in [3.63, 3.8) is 0 Å². The Bertz CT molecular complexity index is 739. The van der Waals surface area contributed by atoms with Crippen LogP contribution in [0.2, 0.25) is 0 Å². The summed E-state index contributed by atoms with van der Waals surface area (Å²) in [4.78, 5) is 14.2. The van der Waals surface area contributed by atoms with Crippen LogP contribution in [0.3, 0.4) is 0 Å². The third-order valence-corrected chi connectivity index (χ3v) is 3.74. The van der Waals surface area contributed by atoms with Gasteiger partial charge in [0.1, 0.15) is 6.54 Å². The van der Waals surface area contributed by atoms with Crippen LogP contribution in [0.15, 0.2) is 17.5 Å². The second-order valence-electron chi connectivity index (χ2n) is 4.48. The van der Waals surface area contributed by atoms with Crippen molar-refractivity contribution in [2.45, 2.75) is 20.4 Å². The van der Waals surface area contributed by atoms with Crippen molar-refractivity contribution >= 4 is 22.9 Å². The van der Waals surface area contributed by atoms with Gasteiger partial charge in [-0.3, -0.25) is 9.89 Å². The number of anilines is 1. The minimum absolute atomic E-state index is 0.00242. The van der Waals surface area contributed by atoms with Crippen molar-refractivity contribution in [3.8, 4) is 10.7 Å². The summed E-state index contributed by atoms with van der Waals surface area (Å²) in [6.45, 7) is 3.67. The SMILES string of the molecule is Cc1n[nH]c(C)c1NC(=O)Cn1nnc(-c2cccs2)n1. The Hall–Kier alpha value is -2.55. The third-order valence-electron chi connectivity index (χ3n) is 2.87. The van der Waals surface area contributed by atoms with Gasteiger partial charge in [0.2, 0.25) is 11.7 Å². The highest BCUT2D eigenvalue weighted by atomic mass is 32.1. The quantitative estimate of drug-likeness (QED) is 0.758. The molecule has 8 nitrogen and oxygen atoms in total. The predicted octanol–water partition coefficient (Wildman–Crippen LogP) is 1.38. The number of H-pyrrole nitrogens is 1. The van der Waals surface area contributed by atoms with Gasteiger partial charge in [0.15, 0.2) is 0 Å². The van der Waals surface area contributed by atoms with Crippen LogP contribution in [-0.4, -0.2) is 36.3 Å². The molecule has 0 aromatic carbocycles. The van der Waals surface area contributed by atoms with Crippen LogP contribution < -0.4 is 5.32 Å². The smallest absolute Gasteiger partial charge is 0.248 e. The first kappa shape index (κ1) is 13.4. The molecule has 1 amide bonds. The largest absolute Gasteiger partial charge is 0.321 e. The summed E-state index contributed by atoms with van der Waals surface area (Å²) in [6.07, 6.45) is 0. The zero-order chi connectivity index (χ0) is 14.8. The molecule has 3 rings (SSSR count). The molecule has 0 atom stereocenters. The molecule has 21 heavy (non-hydrogen) atoms. The fourth-order valence-electron chi connectivity index (χ4n) is 1.86. The fourth-order valence-corrected chi connectivity index (χ4v) is 2.51. The van der Waals surface area contributed by atoms with E-state index in [0.717, 1.165) is 16.3 Å². The van der Waals surface area contributed by atoms with Gasteiger partial charge in [0.05, 0.1) is 22.0 Å². The number of amides is 1. The molecule has 0 unspecified atom stereocenters. The maximum absolute atomic E-state index is 12.0. The van der Waals surface area contributed by atoms with Crippen molar-refractivity contribution in [2.24, 2.45) is 0 Å². The number of aryl methyl sites for hydroxylation is 2. The second-order valence-corrected chi connectivity index (χ2v) is 5.43. The molecule has 2 N–H and O–H groups in total. The van der Waals surface area contributed by atoms with E-state index in [0.29, 0.717) is 11.5 Å². The summed E-state index contributed by atoms with van der Waals surface area (Å²) in [5, 5.41) is 23.6. The summed E-state index contributed by atoms with van der Waals surface area (Å²) in [6, 6.07) is 3.82. The fraction of sp³-hybridized carbons (Fsp3) is 0.250. The Morgan fingerprint density at radius 1 is 1.48 bits per heavy atom. The Labute approximate surface area is 124 Å². The lowest BCUT2D eigenvalue weighted by atomic mass is 10.3. The molecule has 108 valence electrons. The van der Waals surface area contributed by atoms with Gasteiger partial charge in [-0.2, -0.15) is 9.90 Å².